The highest BCUT2D eigenvalue weighted by Crippen LogP contribution is 2.19. The highest BCUT2D eigenvalue weighted by Gasteiger charge is 2.22. The highest BCUT2D eigenvalue weighted by atomic mass is 16.4. The Labute approximate surface area is 113 Å². The third-order valence-corrected chi connectivity index (χ3v) is 2.97. The van der Waals surface area contributed by atoms with Crippen LogP contribution in [0.2, 0.25) is 0 Å². The molecule has 5 heteroatoms. The van der Waals surface area contributed by atoms with Crippen molar-refractivity contribution < 1.29 is 14.7 Å². The number of urea groups is 1. The number of aryl methyl sites for hydroxylation is 1. The number of rotatable bonds is 5. The number of carbonyl (C=O) groups excluding carboxylic acids is 1. The van der Waals surface area contributed by atoms with Crippen LogP contribution < -0.4 is 10.2 Å². The third-order valence-electron chi connectivity index (χ3n) is 2.97. The Bertz CT molecular complexity index is 460. The first-order chi connectivity index (χ1) is 9.01. The number of benzene rings is 1. The van der Waals surface area contributed by atoms with Crippen molar-refractivity contribution in [1.82, 2.24) is 5.32 Å². The monoisotopic (exact) mass is 264 g/mol. The van der Waals surface area contributed by atoms with E-state index in [1.165, 1.54) is 0 Å². The molecule has 0 radical (unpaired) electrons. The van der Waals surface area contributed by atoms with Gasteiger partial charge in [-0.15, -0.1) is 0 Å². The van der Waals surface area contributed by atoms with Crippen LogP contribution in [0.3, 0.4) is 0 Å². The topological polar surface area (TPSA) is 69.6 Å². The minimum absolute atomic E-state index is 0.354. The second-order valence-electron chi connectivity index (χ2n) is 4.28. The van der Waals surface area contributed by atoms with E-state index in [0.29, 0.717) is 13.0 Å². The maximum Gasteiger partial charge on any atom is 0.326 e. The normalized spacial score (nSPS) is 11.7. The summed E-state index contributed by atoms with van der Waals surface area (Å²) in [7, 11) is 0. The van der Waals surface area contributed by atoms with Gasteiger partial charge < -0.3 is 10.4 Å². The van der Waals surface area contributed by atoms with E-state index in [0.717, 1.165) is 11.3 Å². The van der Waals surface area contributed by atoms with Crippen molar-refractivity contribution in [2.24, 2.45) is 0 Å². The molecule has 5 nitrogen and oxygen atoms in total. The largest absolute Gasteiger partial charge is 0.480 e. The number of hydrogen-bond acceptors (Lipinski definition) is 2. The number of nitrogens with one attached hydrogen (secondary N) is 1. The Morgan fingerprint density at radius 3 is 2.42 bits per heavy atom. The Hall–Kier alpha value is -2.04. The molecular formula is C14H20N2O3. The number of carboxylic acid groups (broad SMARTS) is 1. The summed E-state index contributed by atoms with van der Waals surface area (Å²) in [5, 5.41) is 11.5. The van der Waals surface area contributed by atoms with E-state index in [1.54, 1.807) is 11.8 Å². The van der Waals surface area contributed by atoms with E-state index in [9.17, 15) is 9.59 Å². The molecule has 0 aromatic heterocycles. The molecule has 1 rings (SSSR count). The molecule has 0 aliphatic carbocycles. The van der Waals surface area contributed by atoms with Gasteiger partial charge >= 0.3 is 12.0 Å². The van der Waals surface area contributed by atoms with Crippen LogP contribution >= 0.6 is 0 Å². The number of carboxylic acids is 1. The fourth-order valence-corrected chi connectivity index (χ4v) is 1.86. The summed E-state index contributed by atoms with van der Waals surface area (Å²) >= 11 is 0. The molecule has 104 valence electrons. The quantitative estimate of drug-likeness (QED) is 0.858. The van der Waals surface area contributed by atoms with E-state index in [2.05, 4.69) is 5.32 Å². The molecule has 0 aliphatic rings. The molecule has 0 saturated carbocycles. The van der Waals surface area contributed by atoms with Crippen LogP contribution in [0, 0.1) is 6.92 Å². The van der Waals surface area contributed by atoms with Crippen LogP contribution in [0.25, 0.3) is 0 Å². The van der Waals surface area contributed by atoms with Gasteiger partial charge in [0.15, 0.2) is 0 Å². The van der Waals surface area contributed by atoms with Gasteiger partial charge in [0.2, 0.25) is 0 Å². The summed E-state index contributed by atoms with van der Waals surface area (Å²) in [5.41, 5.74) is 1.77. The van der Waals surface area contributed by atoms with Crippen molar-refractivity contribution in [3.63, 3.8) is 0 Å². The average Bonchev–Trinajstić information content (AvgIpc) is 2.38. The second kappa shape index (κ2) is 6.78. The number of nitrogens with zero attached hydrogens (tertiary/aromatic N) is 1. The summed E-state index contributed by atoms with van der Waals surface area (Å²) < 4.78 is 0. The zero-order chi connectivity index (χ0) is 14.4. The van der Waals surface area contributed by atoms with Crippen molar-refractivity contribution in [1.29, 1.82) is 0 Å². The fraction of sp³-hybridized carbons (Fsp3) is 0.429. The van der Waals surface area contributed by atoms with Gasteiger partial charge in [0.1, 0.15) is 6.04 Å². The smallest absolute Gasteiger partial charge is 0.326 e. The zero-order valence-electron chi connectivity index (χ0n) is 11.5. The van der Waals surface area contributed by atoms with Gasteiger partial charge in [-0.3, -0.25) is 4.90 Å². The standard InChI is InChI=1S/C14H20N2O3/c1-4-11(13(17)18)15-14(19)16(5-2)12-9-7-6-8-10(12)3/h6-9,11H,4-5H2,1-3H3,(H,15,19)(H,17,18). The van der Waals surface area contributed by atoms with Crippen molar-refractivity contribution in [3.05, 3.63) is 29.8 Å². The number of aliphatic carboxylic acids is 1. The van der Waals surface area contributed by atoms with E-state index in [1.807, 2.05) is 38.1 Å². The van der Waals surface area contributed by atoms with E-state index in [-0.39, 0.29) is 6.03 Å². The van der Waals surface area contributed by atoms with E-state index >= 15 is 0 Å². The SMILES string of the molecule is CCC(NC(=O)N(CC)c1ccccc1C)C(=O)O. The van der Waals surface area contributed by atoms with Crippen molar-refractivity contribution in [2.75, 3.05) is 11.4 Å². The third kappa shape index (κ3) is 3.71. The highest BCUT2D eigenvalue weighted by molar-refractivity contribution is 5.95. The Balaban J connectivity index is 2.89. The van der Waals surface area contributed by atoms with Gasteiger partial charge in [-0.25, -0.2) is 9.59 Å². The van der Waals surface area contributed by atoms with Crippen LogP contribution in [0.1, 0.15) is 25.8 Å². The first kappa shape index (κ1) is 15.0. The molecule has 0 aliphatic heterocycles. The van der Waals surface area contributed by atoms with Crippen LogP contribution in [-0.4, -0.2) is 29.7 Å². The predicted molar refractivity (Wildman–Crippen MR) is 74.4 cm³/mol. The Morgan fingerprint density at radius 1 is 1.32 bits per heavy atom. The lowest BCUT2D eigenvalue weighted by Crippen LogP contribution is -2.48. The van der Waals surface area contributed by atoms with Crippen molar-refractivity contribution >= 4 is 17.7 Å². The predicted octanol–water partition coefficient (Wildman–Crippen LogP) is 2.39. The maximum absolute atomic E-state index is 12.2. The summed E-state index contributed by atoms with van der Waals surface area (Å²) in [6.45, 7) is 5.98. The number of hydrogen-bond donors (Lipinski definition) is 2. The fourth-order valence-electron chi connectivity index (χ4n) is 1.86. The molecule has 1 unspecified atom stereocenters. The summed E-state index contributed by atoms with van der Waals surface area (Å²) in [6, 6.07) is 6.28. The van der Waals surface area contributed by atoms with Gasteiger partial charge in [-0.2, -0.15) is 0 Å². The van der Waals surface area contributed by atoms with Crippen molar-refractivity contribution in [3.8, 4) is 0 Å². The number of anilines is 1. The Morgan fingerprint density at radius 2 is 1.95 bits per heavy atom. The average molecular weight is 264 g/mol. The molecule has 19 heavy (non-hydrogen) atoms. The van der Waals surface area contributed by atoms with Gasteiger partial charge in [0.25, 0.3) is 0 Å². The molecule has 0 spiro atoms. The molecule has 2 N–H and O–H groups in total. The number of carbonyl (C=O) groups is 2. The van der Waals surface area contributed by atoms with Gasteiger partial charge in [-0.05, 0) is 31.9 Å². The van der Waals surface area contributed by atoms with E-state index in [4.69, 9.17) is 5.11 Å². The molecule has 2 amide bonds. The first-order valence-electron chi connectivity index (χ1n) is 6.37. The summed E-state index contributed by atoms with van der Waals surface area (Å²) in [6.07, 6.45) is 0.354. The molecule has 0 heterocycles. The van der Waals surface area contributed by atoms with Crippen molar-refractivity contribution in [2.45, 2.75) is 33.2 Å². The van der Waals surface area contributed by atoms with Gasteiger partial charge in [0.05, 0.1) is 0 Å². The van der Waals surface area contributed by atoms with E-state index < -0.39 is 12.0 Å². The van der Waals surface area contributed by atoms with Crippen LogP contribution in [0.15, 0.2) is 24.3 Å². The molecule has 1 aromatic carbocycles. The minimum Gasteiger partial charge on any atom is -0.480 e. The lowest BCUT2D eigenvalue weighted by molar-refractivity contribution is -0.139. The zero-order valence-corrected chi connectivity index (χ0v) is 11.5. The van der Waals surface area contributed by atoms with Crippen LogP contribution in [0.4, 0.5) is 10.5 Å². The summed E-state index contributed by atoms with van der Waals surface area (Å²) in [4.78, 5) is 24.6. The van der Waals surface area contributed by atoms with Crippen LogP contribution in [-0.2, 0) is 4.79 Å². The minimum atomic E-state index is -1.02. The molecular weight excluding hydrogens is 244 g/mol. The maximum atomic E-state index is 12.2. The lowest BCUT2D eigenvalue weighted by Gasteiger charge is -2.25. The first-order valence-corrected chi connectivity index (χ1v) is 6.37. The molecule has 0 fully saturated rings. The van der Waals surface area contributed by atoms with Crippen LogP contribution in [0.5, 0.6) is 0 Å². The summed E-state index contributed by atoms with van der Waals surface area (Å²) in [5.74, 6) is -1.02. The molecule has 1 aromatic rings. The second-order valence-corrected chi connectivity index (χ2v) is 4.28. The number of para-hydroxylation sites is 1. The number of amides is 2. The van der Waals surface area contributed by atoms with Gasteiger partial charge in [0, 0.05) is 12.2 Å². The lowest BCUT2D eigenvalue weighted by atomic mass is 10.2. The molecule has 0 saturated heterocycles. The molecule has 0 bridgehead atoms. The van der Waals surface area contributed by atoms with Gasteiger partial charge in [-0.1, -0.05) is 25.1 Å². The molecule has 1 atom stereocenters. The Kier molecular flexibility index (Phi) is 5.36.